The van der Waals surface area contributed by atoms with Crippen molar-refractivity contribution in [3.05, 3.63) is 28.8 Å². The van der Waals surface area contributed by atoms with Crippen LogP contribution >= 0.6 is 11.6 Å². The van der Waals surface area contributed by atoms with Gasteiger partial charge in [0, 0.05) is 35.9 Å². The van der Waals surface area contributed by atoms with Crippen LogP contribution in [-0.2, 0) is 6.54 Å². The van der Waals surface area contributed by atoms with Crippen molar-refractivity contribution >= 4 is 17.3 Å². The lowest BCUT2D eigenvalue weighted by Crippen LogP contribution is -2.31. The molecule has 0 saturated heterocycles. The van der Waals surface area contributed by atoms with Gasteiger partial charge in [0.25, 0.3) is 0 Å². The molecule has 1 rings (SSSR count). The number of rotatable bonds is 8. The lowest BCUT2D eigenvalue weighted by atomic mass is 10.0. The van der Waals surface area contributed by atoms with Gasteiger partial charge in [-0.15, -0.1) is 0 Å². The Hall–Kier alpha value is -0.730. The third-order valence-electron chi connectivity index (χ3n) is 3.68. The first-order valence-electron chi connectivity index (χ1n) is 7.68. The van der Waals surface area contributed by atoms with Crippen molar-refractivity contribution in [1.29, 1.82) is 0 Å². The molecule has 0 fully saturated rings. The van der Waals surface area contributed by atoms with Gasteiger partial charge in [-0.05, 0) is 44.4 Å². The molecule has 0 spiro atoms. The Labute approximate surface area is 129 Å². The minimum absolute atomic E-state index is 0.512. The second kappa shape index (κ2) is 8.53. The van der Waals surface area contributed by atoms with Crippen LogP contribution in [0.15, 0.2) is 18.2 Å². The molecular weight excluding hydrogens is 268 g/mol. The molecule has 0 aromatic heterocycles. The maximum absolute atomic E-state index is 6.40. The van der Waals surface area contributed by atoms with Gasteiger partial charge in [0.1, 0.15) is 0 Å². The van der Waals surface area contributed by atoms with Crippen molar-refractivity contribution in [2.24, 2.45) is 5.92 Å². The molecule has 2 nitrogen and oxygen atoms in total. The number of nitrogens with one attached hydrogen (secondary N) is 1. The molecule has 3 heteroatoms. The van der Waals surface area contributed by atoms with E-state index >= 15 is 0 Å². The second-order valence-corrected chi connectivity index (χ2v) is 6.41. The largest absolute Gasteiger partial charge is 0.372 e. The van der Waals surface area contributed by atoms with E-state index in [4.69, 9.17) is 11.6 Å². The van der Waals surface area contributed by atoms with Crippen molar-refractivity contribution in [2.75, 3.05) is 18.5 Å². The average Bonchev–Trinajstić information content (AvgIpc) is 2.39. The Morgan fingerprint density at radius 3 is 2.55 bits per heavy atom. The van der Waals surface area contributed by atoms with Crippen molar-refractivity contribution in [3.8, 4) is 0 Å². The molecule has 0 radical (unpaired) electrons. The summed E-state index contributed by atoms with van der Waals surface area (Å²) < 4.78 is 0. The van der Waals surface area contributed by atoms with Crippen LogP contribution in [0.2, 0.25) is 5.02 Å². The fourth-order valence-corrected chi connectivity index (χ4v) is 2.76. The second-order valence-electron chi connectivity index (χ2n) is 6.00. The molecular formula is C17H29ClN2. The fourth-order valence-electron chi connectivity index (χ4n) is 2.52. The first kappa shape index (κ1) is 17.3. The lowest BCUT2D eigenvalue weighted by molar-refractivity contribution is 0.503. The molecule has 1 aromatic carbocycles. The maximum atomic E-state index is 6.40. The van der Waals surface area contributed by atoms with E-state index in [0.29, 0.717) is 12.0 Å². The van der Waals surface area contributed by atoms with E-state index in [1.807, 2.05) is 12.1 Å². The normalized spacial score (nSPS) is 12.8. The summed E-state index contributed by atoms with van der Waals surface area (Å²) in [6.07, 6.45) is 2.32. The van der Waals surface area contributed by atoms with Crippen LogP contribution in [0.4, 0.5) is 5.69 Å². The molecule has 1 N–H and O–H groups in total. The summed E-state index contributed by atoms with van der Waals surface area (Å²) >= 11 is 6.40. The van der Waals surface area contributed by atoms with Crippen LogP contribution in [0.5, 0.6) is 0 Å². The zero-order chi connectivity index (χ0) is 15.1. The van der Waals surface area contributed by atoms with E-state index in [1.165, 1.54) is 17.7 Å². The Morgan fingerprint density at radius 1 is 1.25 bits per heavy atom. The highest BCUT2D eigenvalue weighted by Crippen LogP contribution is 2.29. The lowest BCUT2D eigenvalue weighted by Gasteiger charge is -2.30. The highest BCUT2D eigenvalue weighted by atomic mass is 35.5. The van der Waals surface area contributed by atoms with Crippen molar-refractivity contribution < 1.29 is 0 Å². The Morgan fingerprint density at radius 2 is 1.95 bits per heavy atom. The van der Waals surface area contributed by atoms with Crippen LogP contribution in [-0.4, -0.2) is 19.6 Å². The summed E-state index contributed by atoms with van der Waals surface area (Å²) in [5, 5.41) is 4.31. The predicted molar refractivity (Wildman–Crippen MR) is 90.8 cm³/mol. The zero-order valence-corrected chi connectivity index (χ0v) is 14.3. The maximum Gasteiger partial charge on any atom is 0.0471 e. The Kier molecular flexibility index (Phi) is 7.39. The van der Waals surface area contributed by atoms with Crippen molar-refractivity contribution in [1.82, 2.24) is 5.32 Å². The first-order valence-corrected chi connectivity index (χ1v) is 8.06. The monoisotopic (exact) mass is 296 g/mol. The quantitative estimate of drug-likeness (QED) is 0.699. The van der Waals surface area contributed by atoms with E-state index in [0.717, 1.165) is 24.5 Å². The van der Waals surface area contributed by atoms with E-state index in [-0.39, 0.29) is 0 Å². The van der Waals surface area contributed by atoms with Crippen LogP contribution in [0.3, 0.4) is 0 Å². The van der Waals surface area contributed by atoms with Crippen molar-refractivity contribution in [2.45, 2.75) is 53.1 Å². The number of nitrogens with zero attached hydrogens (tertiary/aromatic N) is 1. The number of hydrogen-bond donors (Lipinski definition) is 1. The topological polar surface area (TPSA) is 15.3 Å². The third-order valence-corrected chi connectivity index (χ3v) is 4.03. The van der Waals surface area contributed by atoms with Gasteiger partial charge in [-0.2, -0.15) is 0 Å². The SMILES string of the molecule is CCCNCc1c(Cl)cccc1N(C)C(C)CC(C)C. The summed E-state index contributed by atoms with van der Waals surface area (Å²) in [6.45, 7) is 10.9. The molecule has 0 aliphatic heterocycles. The van der Waals surface area contributed by atoms with Gasteiger partial charge in [0.15, 0.2) is 0 Å². The van der Waals surface area contributed by atoms with E-state index in [9.17, 15) is 0 Å². The minimum Gasteiger partial charge on any atom is -0.372 e. The smallest absolute Gasteiger partial charge is 0.0471 e. The van der Waals surface area contributed by atoms with Gasteiger partial charge in [0.2, 0.25) is 0 Å². The minimum atomic E-state index is 0.512. The fraction of sp³-hybridized carbons (Fsp3) is 0.647. The molecule has 20 heavy (non-hydrogen) atoms. The summed E-state index contributed by atoms with van der Waals surface area (Å²) in [7, 11) is 2.17. The first-order chi connectivity index (χ1) is 9.47. The van der Waals surface area contributed by atoms with Gasteiger partial charge in [-0.1, -0.05) is 38.4 Å². The van der Waals surface area contributed by atoms with Crippen LogP contribution in [0.1, 0.15) is 46.1 Å². The highest BCUT2D eigenvalue weighted by Gasteiger charge is 2.16. The van der Waals surface area contributed by atoms with Gasteiger partial charge >= 0.3 is 0 Å². The van der Waals surface area contributed by atoms with E-state index in [2.05, 4.69) is 51.0 Å². The number of anilines is 1. The number of hydrogen-bond acceptors (Lipinski definition) is 2. The molecule has 1 unspecified atom stereocenters. The molecule has 1 atom stereocenters. The van der Waals surface area contributed by atoms with E-state index in [1.54, 1.807) is 0 Å². The van der Waals surface area contributed by atoms with E-state index < -0.39 is 0 Å². The molecule has 1 aromatic rings. The Balaban J connectivity index is 2.89. The molecule has 0 aliphatic carbocycles. The molecule has 0 heterocycles. The Bertz CT molecular complexity index is 404. The standard InChI is InChI=1S/C17H29ClN2/c1-6-10-19-12-15-16(18)8-7-9-17(15)20(5)14(4)11-13(2)3/h7-9,13-14,19H,6,10-12H2,1-5H3. The molecule has 0 saturated carbocycles. The molecule has 0 amide bonds. The van der Waals surface area contributed by atoms with Crippen LogP contribution in [0.25, 0.3) is 0 Å². The molecule has 0 aliphatic rings. The summed E-state index contributed by atoms with van der Waals surface area (Å²) in [5.41, 5.74) is 2.45. The number of halogens is 1. The molecule has 114 valence electrons. The zero-order valence-electron chi connectivity index (χ0n) is 13.5. The summed E-state index contributed by atoms with van der Waals surface area (Å²) in [6, 6.07) is 6.71. The van der Waals surface area contributed by atoms with Crippen LogP contribution in [0, 0.1) is 5.92 Å². The summed E-state index contributed by atoms with van der Waals surface area (Å²) in [4.78, 5) is 2.36. The third kappa shape index (κ3) is 4.99. The number of benzene rings is 1. The van der Waals surface area contributed by atoms with Gasteiger partial charge in [-0.25, -0.2) is 0 Å². The van der Waals surface area contributed by atoms with Crippen molar-refractivity contribution in [3.63, 3.8) is 0 Å². The molecule has 0 bridgehead atoms. The average molecular weight is 297 g/mol. The predicted octanol–water partition coefficient (Wildman–Crippen LogP) is 4.71. The summed E-state index contributed by atoms with van der Waals surface area (Å²) in [5.74, 6) is 0.702. The van der Waals surface area contributed by atoms with Crippen LogP contribution < -0.4 is 10.2 Å². The highest BCUT2D eigenvalue weighted by molar-refractivity contribution is 6.31. The van der Waals surface area contributed by atoms with Gasteiger partial charge in [-0.3, -0.25) is 0 Å². The van der Waals surface area contributed by atoms with Gasteiger partial charge < -0.3 is 10.2 Å². The van der Waals surface area contributed by atoms with Gasteiger partial charge in [0.05, 0.1) is 0 Å².